The molecular formula is C32H31ClFN5O. The van der Waals surface area contributed by atoms with Crippen LogP contribution in [0.1, 0.15) is 54.7 Å². The van der Waals surface area contributed by atoms with Crippen molar-refractivity contribution < 1.29 is 9.18 Å². The molecule has 2 N–H and O–H groups in total. The van der Waals surface area contributed by atoms with Gasteiger partial charge in [0, 0.05) is 0 Å². The molecular weight excluding hydrogens is 525 g/mol. The zero-order valence-corrected chi connectivity index (χ0v) is 23.0. The number of halogens is 2. The number of pyridine rings is 1. The van der Waals surface area contributed by atoms with Gasteiger partial charge in [-0.15, -0.1) is 0 Å². The first-order valence-corrected chi connectivity index (χ1v) is 14.0. The van der Waals surface area contributed by atoms with E-state index in [1.807, 2.05) is 41.2 Å². The Morgan fingerprint density at radius 3 is 2.70 bits per heavy atom. The minimum Gasteiger partial charge on any atom is -0.332 e. The maximum Gasteiger partial charge on any atom is 0.315 e. The average Bonchev–Trinajstić information content (AvgIpc) is 3.50. The Labute approximate surface area is 238 Å². The first-order chi connectivity index (χ1) is 19.4. The van der Waals surface area contributed by atoms with E-state index in [1.165, 1.54) is 23.3 Å². The number of aromatic nitrogens is 3. The fourth-order valence-electron chi connectivity index (χ4n) is 6.28. The van der Waals surface area contributed by atoms with E-state index in [9.17, 15) is 9.18 Å². The van der Waals surface area contributed by atoms with Crippen molar-refractivity contribution in [2.75, 3.05) is 0 Å². The summed E-state index contributed by atoms with van der Waals surface area (Å²) in [6.07, 6.45) is 7.98. The monoisotopic (exact) mass is 555 g/mol. The highest BCUT2D eigenvalue weighted by Crippen LogP contribution is 2.55. The van der Waals surface area contributed by atoms with Gasteiger partial charge < -0.3 is 10.6 Å². The fourth-order valence-corrected chi connectivity index (χ4v) is 6.46. The quantitative estimate of drug-likeness (QED) is 0.240. The molecule has 0 bridgehead atoms. The molecule has 2 heterocycles. The van der Waals surface area contributed by atoms with Gasteiger partial charge in [-0.1, -0.05) is 60.5 Å². The summed E-state index contributed by atoms with van der Waals surface area (Å²) in [6, 6.07) is 21.6. The van der Waals surface area contributed by atoms with E-state index in [0.717, 1.165) is 42.6 Å². The van der Waals surface area contributed by atoms with Gasteiger partial charge in [-0.25, -0.2) is 18.9 Å². The van der Waals surface area contributed by atoms with Crippen LogP contribution in [0.15, 0.2) is 84.6 Å². The number of urea groups is 1. The second kappa shape index (κ2) is 10.9. The van der Waals surface area contributed by atoms with Crippen molar-refractivity contribution in [3.05, 3.63) is 118 Å². The van der Waals surface area contributed by atoms with Gasteiger partial charge in [-0.05, 0) is 90.6 Å². The molecule has 0 radical (unpaired) electrons. The molecule has 6 rings (SSSR count). The maximum absolute atomic E-state index is 13.5. The van der Waals surface area contributed by atoms with Crippen LogP contribution in [0.5, 0.6) is 0 Å². The largest absolute Gasteiger partial charge is 0.332 e. The summed E-state index contributed by atoms with van der Waals surface area (Å²) in [5.74, 6) is 0.118. The lowest BCUT2D eigenvalue weighted by Gasteiger charge is -2.37. The van der Waals surface area contributed by atoms with Crippen LogP contribution in [0.3, 0.4) is 0 Å². The van der Waals surface area contributed by atoms with E-state index in [4.69, 9.17) is 11.6 Å². The van der Waals surface area contributed by atoms with Crippen molar-refractivity contribution in [2.24, 2.45) is 11.3 Å². The smallest absolute Gasteiger partial charge is 0.315 e. The number of carbonyl (C=O) groups is 1. The van der Waals surface area contributed by atoms with Gasteiger partial charge in [0.05, 0.1) is 35.9 Å². The predicted octanol–water partition coefficient (Wildman–Crippen LogP) is 7.05. The number of hydrogen-bond donors (Lipinski definition) is 2. The van der Waals surface area contributed by atoms with Crippen LogP contribution in [-0.4, -0.2) is 20.8 Å². The number of carbonyl (C=O) groups excluding carboxylic acids is 1. The minimum atomic E-state index is -0.259. The molecule has 40 heavy (non-hydrogen) atoms. The minimum absolute atomic E-state index is 0.0282. The van der Waals surface area contributed by atoms with E-state index in [0.29, 0.717) is 23.3 Å². The van der Waals surface area contributed by atoms with Gasteiger partial charge in [0.25, 0.3) is 0 Å². The number of allylic oxidation sites excluding steroid dienone is 1. The first-order valence-electron chi connectivity index (χ1n) is 13.6. The third kappa shape index (κ3) is 5.26. The number of hydrogen-bond acceptors (Lipinski definition) is 3. The van der Waals surface area contributed by atoms with E-state index >= 15 is 0 Å². The topological polar surface area (TPSA) is 71.8 Å². The van der Waals surface area contributed by atoms with Crippen molar-refractivity contribution in [2.45, 2.75) is 45.2 Å². The molecule has 1 unspecified atom stereocenters. The lowest BCUT2D eigenvalue weighted by molar-refractivity contribution is 0.215. The fraction of sp³-hybridized carbons (Fsp3) is 0.281. The van der Waals surface area contributed by atoms with Crippen LogP contribution in [0.25, 0.3) is 11.8 Å². The highest BCUT2D eigenvalue weighted by atomic mass is 35.5. The summed E-state index contributed by atoms with van der Waals surface area (Å²) in [5.41, 5.74) is 6.29. The lowest BCUT2D eigenvalue weighted by atomic mass is 9.68. The Morgan fingerprint density at radius 1 is 1.12 bits per heavy atom. The summed E-state index contributed by atoms with van der Waals surface area (Å²) in [4.78, 5) is 17.3. The first kappa shape index (κ1) is 26.3. The number of nitrogens with zero attached hydrogens (tertiary/aromatic N) is 3. The number of nitrogens with one attached hydrogen (secondary N) is 2. The molecule has 0 spiro atoms. The maximum atomic E-state index is 13.5. The number of amides is 2. The van der Waals surface area contributed by atoms with Crippen LogP contribution in [-0.2, 0) is 13.0 Å². The second-order valence-electron chi connectivity index (χ2n) is 10.9. The van der Waals surface area contributed by atoms with E-state index in [-0.39, 0.29) is 23.3 Å². The second-order valence-corrected chi connectivity index (χ2v) is 11.3. The molecule has 4 aromatic rings. The average molecular weight is 556 g/mol. The van der Waals surface area contributed by atoms with Gasteiger partial charge in [-0.2, -0.15) is 5.10 Å². The normalized spacial score (nSPS) is 20.3. The van der Waals surface area contributed by atoms with E-state index in [2.05, 4.69) is 45.8 Å². The van der Waals surface area contributed by atoms with Crippen LogP contribution >= 0.6 is 11.6 Å². The summed E-state index contributed by atoms with van der Waals surface area (Å²) in [5, 5.41) is 11.2. The van der Waals surface area contributed by atoms with Gasteiger partial charge in [0.2, 0.25) is 0 Å². The molecule has 2 aromatic carbocycles. The molecule has 204 valence electrons. The van der Waals surface area contributed by atoms with Crippen LogP contribution in [0, 0.1) is 17.2 Å². The summed E-state index contributed by atoms with van der Waals surface area (Å²) in [6.45, 7) is 2.64. The summed E-state index contributed by atoms with van der Waals surface area (Å²) >= 11 is 6.00. The molecule has 0 saturated heterocycles. The SMILES string of the molecule is C[C@]12Cc3cnn(-c4ccc(F)cc4)c3C=C1CC[C@@H]2CC(NC(=O)NCc1cccc(Cl)n1)c1ccccc1. The van der Waals surface area contributed by atoms with Crippen LogP contribution < -0.4 is 10.6 Å². The highest BCUT2D eigenvalue weighted by molar-refractivity contribution is 6.29. The van der Waals surface area contributed by atoms with Gasteiger partial charge in [0.15, 0.2) is 0 Å². The molecule has 2 amide bonds. The summed E-state index contributed by atoms with van der Waals surface area (Å²) < 4.78 is 15.4. The van der Waals surface area contributed by atoms with Crippen molar-refractivity contribution in [3.8, 4) is 5.69 Å². The van der Waals surface area contributed by atoms with Gasteiger partial charge >= 0.3 is 6.03 Å². The van der Waals surface area contributed by atoms with E-state index in [1.54, 1.807) is 18.2 Å². The Bertz CT molecular complexity index is 1550. The number of fused-ring (bicyclic) bond motifs is 2. The Balaban J connectivity index is 1.20. The van der Waals surface area contributed by atoms with Crippen molar-refractivity contribution in [1.82, 2.24) is 25.4 Å². The third-order valence-corrected chi connectivity index (χ3v) is 8.66. The standard InChI is InChI=1S/C32H31ClFN5O/c1-32-18-22-19-36-39(27-14-12-25(34)13-15-27)29(22)17-24(32)11-10-23(32)16-28(21-6-3-2-4-7-21)38-31(40)35-20-26-8-5-9-30(33)37-26/h2-9,12-15,17,19,23,28H,10-11,16,18,20H2,1H3,(H2,35,38,40)/t23-,28?,32-/m1/s1. The van der Waals surface area contributed by atoms with Crippen LogP contribution in [0.4, 0.5) is 9.18 Å². The summed E-state index contributed by atoms with van der Waals surface area (Å²) in [7, 11) is 0. The molecule has 3 atom stereocenters. The van der Waals surface area contributed by atoms with Gasteiger partial charge in [-0.3, -0.25) is 0 Å². The van der Waals surface area contributed by atoms with Gasteiger partial charge in [0.1, 0.15) is 11.0 Å². The number of benzene rings is 2. The lowest BCUT2D eigenvalue weighted by Crippen LogP contribution is -2.40. The molecule has 2 aliphatic carbocycles. The predicted molar refractivity (Wildman–Crippen MR) is 154 cm³/mol. The molecule has 2 aromatic heterocycles. The molecule has 6 nitrogen and oxygen atoms in total. The third-order valence-electron chi connectivity index (χ3n) is 8.45. The Morgan fingerprint density at radius 2 is 1.93 bits per heavy atom. The highest BCUT2D eigenvalue weighted by Gasteiger charge is 2.46. The molecule has 0 aliphatic heterocycles. The van der Waals surface area contributed by atoms with Crippen molar-refractivity contribution in [3.63, 3.8) is 0 Å². The Hall–Kier alpha value is -3.97. The molecule has 2 aliphatic rings. The van der Waals surface area contributed by atoms with E-state index < -0.39 is 0 Å². The zero-order valence-electron chi connectivity index (χ0n) is 22.3. The molecule has 1 saturated carbocycles. The molecule has 1 fully saturated rings. The van der Waals surface area contributed by atoms with Crippen molar-refractivity contribution >= 4 is 23.7 Å². The number of rotatable bonds is 7. The van der Waals surface area contributed by atoms with Crippen LogP contribution in [0.2, 0.25) is 5.15 Å². The molecule has 8 heteroatoms. The zero-order chi connectivity index (χ0) is 27.7. The van der Waals surface area contributed by atoms with Crippen molar-refractivity contribution in [1.29, 1.82) is 0 Å². The Kier molecular flexibility index (Phi) is 7.15.